The maximum absolute atomic E-state index is 12.1. The van der Waals surface area contributed by atoms with Gasteiger partial charge in [-0.2, -0.15) is 0 Å². The molecule has 0 aliphatic carbocycles. The van der Waals surface area contributed by atoms with Gasteiger partial charge in [-0.15, -0.1) is 0 Å². The van der Waals surface area contributed by atoms with Gasteiger partial charge in [0.2, 0.25) is 0 Å². The molecule has 3 rings (SSSR count). The molecule has 2 aromatic carbocycles. The average molecular weight is 251 g/mol. The Balaban J connectivity index is 2.16. The summed E-state index contributed by atoms with van der Waals surface area (Å²) in [5.74, 6) is 1.01. The maximum Gasteiger partial charge on any atom is 0.291 e. The van der Waals surface area contributed by atoms with E-state index in [1.165, 1.54) is 0 Å². The molecule has 0 saturated carbocycles. The summed E-state index contributed by atoms with van der Waals surface area (Å²) in [5, 5.41) is 0.994. The summed E-state index contributed by atoms with van der Waals surface area (Å²) in [7, 11) is 0. The highest BCUT2D eigenvalue weighted by Crippen LogP contribution is 2.25. The number of H-pyrrole nitrogens is 1. The van der Waals surface area contributed by atoms with Crippen molar-refractivity contribution >= 4 is 10.9 Å². The van der Waals surface area contributed by atoms with Crippen molar-refractivity contribution in [2.45, 2.75) is 6.92 Å². The van der Waals surface area contributed by atoms with Gasteiger partial charge in [-0.25, -0.2) is 0 Å². The van der Waals surface area contributed by atoms with E-state index in [9.17, 15) is 4.79 Å². The fourth-order valence-electron chi connectivity index (χ4n) is 2.12. The lowest BCUT2D eigenvalue weighted by molar-refractivity contribution is 0.472. The molecule has 3 nitrogen and oxygen atoms in total. The van der Waals surface area contributed by atoms with Gasteiger partial charge in [0.15, 0.2) is 5.75 Å². The van der Waals surface area contributed by atoms with Crippen LogP contribution in [-0.4, -0.2) is 4.98 Å². The van der Waals surface area contributed by atoms with Gasteiger partial charge in [-0.1, -0.05) is 36.4 Å². The number of para-hydroxylation sites is 2. The molecule has 0 unspecified atom stereocenters. The number of benzene rings is 2. The molecule has 19 heavy (non-hydrogen) atoms. The molecule has 0 atom stereocenters. The Morgan fingerprint density at radius 1 is 0.947 bits per heavy atom. The number of hydrogen-bond donors (Lipinski definition) is 1. The monoisotopic (exact) mass is 251 g/mol. The highest BCUT2D eigenvalue weighted by Gasteiger charge is 2.10. The normalized spacial score (nSPS) is 10.6. The minimum Gasteiger partial charge on any atom is -0.451 e. The Hall–Kier alpha value is -2.55. The Bertz CT molecular complexity index is 776. The Morgan fingerprint density at radius 2 is 1.63 bits per heavy atom. The van der Waals surface area contributed by atoms with E-state index in [4.69, 9.17) is 4.74 Å². The van der Waals surface area contributed by atoms with Crippen LogP contribution >= 0.6 is 0 Å². The topological polar surface area (TPSA) is 42.1 Å². The molecule has 3 heteroatoms. The standard InChI is InChI=1S/C16H13NO2/c1-11-13-9-5-6-10-14(13)17-16(18)15(11)19-12-7-3-2-4-8-12/h2-10H,1H3,(H,17,18). The van der Waals surface area contributed by atoms with Crippen molar-refractivity contribution in [3.63, 3.8) is 0 Å². The Kier molecular flexibility index (Phi) is 2.80. The van der Waals surface area contributed by atoms with E-state index in [1.54, 1.807) is 0 Å². The second kappa shape index (κ2) is 4.61. The minimum absolute atomic E-state index is 0.208. The van der Waals surface area contributed by atoms with Crippen LogP contribution in [0.15, 0.2) is 59.4 Å². The predicted octanol–water partition coefficient (Wildman–Crippen LogP) is 3.63. The first-order valence-electron chi connectivity index (χ1n) is 6.10. The molecule has 0 amide bonds. The van der Waals surface area contributed by atoms with E-state index in [1.807, 2.05) is 61.5 Å². The van der Waals surface area contributed by atoms with Crippen LogP contribution in [0.2, 0.25) is 0 Å². The van der Waals surface area contributed by atoms with Crippen LogP contribution in [-0.2, 0) is 0 Å². The van der Waals surface area contributed by atoms with E-state index in [0.717, 1.165) is 16.5 Å². The fraction of sp³-hybridized carbons (Fsp3) is 0.0625. The lowest BCUT2D eigenvalue weighted by Crippen LogP contribution is -2.10. The molecular formula is C16H13NO2. The van der Waals surface area contributed by atoms with Gasteiger partial charge in [0.05, 0.1) is 0 Å². The number of pyridine rings is 1. The molecule has 3 aromatic rings. The van der Waals surface area contributed by atoms with Crippen LogP contribution < -0.4 is 10.3 Å². The molecule has 1 heterocycles. The molecule has 0 saturated heterocycles. The van der Waals surface area contributed by atoms with E-state index in [0.29, 0.717) is 11.5 Å². The van der Waals surface area contributed by atoms with E-state index >= 15 is 0 Å². The van der Waals surface area contributed by atoms with Crippen molar-refractivity contribution < 1.29 is 4.74 Å². The third-order valence-electron chi connectivity index (χ3n) is 3.09. The van der Waals surface area contributed by atoms with Crippen LogP contribution in [0.3, 0.4) is 0 Å². The van der Waals surface area contributed by atoms with Crippen LogP contribution in [0.4, 0.5) is 0 Å². The zero-order valence-corrected chi connectivity index (χ0v) is 10.5. The molecule has 94 valence electrons. The summed E-state index contributed by atoms with van der Waals surface area (Å²) in [4.78, 5) is 14.9. The summed E-state index contributed by atoms with van der Waals surface area (Å²) >= 11 is 0. The molecule has 0 fully saturated rings. The quantitative estimate of drug-likeness (QED) is 0.755. The van der Waals surface area contributed by atoms with Gasteiger partial charge in [-0.05, 0) is 25.1 Å². The lowest BCUT2D eigenvalue weighted by Gasteiger charge is -2.10. The third kappa shape index (κ3) is 2.10. The molecule has 0 aliphatic heterocycles. The summed E-state index contributed by atoms with van der Waals surface area (Å²) in [5.41, 5.74) is 1.47. The molecule has 0 bridgehead atoms. The van der Waals surface area contributed by atoms with Crippen molar-refractivity contribution in [1.29, 1.82) is 0 Å². The SMILES string of the molecule is Cc1c(Oc2ccccc2)c(=O)[nH]c2ccccc12. The number of ether oxygens (including phenoxy) is 1. The maximum atomic E-state index is 12.1. The number of fused-ring (bicyclic) bond motifs is 1. The third-order valence-corrected chi connectivity index (χ3v) is 3.09. The van der Waals surface area contributed by atoms with Crippen LogP contribution in [0.5, 0.6) is 11.5 Å². The highest BCUT2D eigenvalue weighted by molar-refractivity contribution is 5.83. The van der Waals surface area contributed by atoms with E-state index in [2.05, 4.69) is 4.98 Å². The number of nitrogens with one attached hydrogen (secondary N) is 1. The van der Waals surface area contributed by atoms with Crippen molar-refractivity contribution in [3.8, 4) is 11.5 Å². The van der Waals surface area contributed by atoms with E-state index < -0.39 is 0 Å². The number of rotatable bonds is 2. The van der Waals surface area contributed by atoms with E-state index in [-0.39, 0.29) is 5.56 Å². The minimum atomic E-state index is -0.208. The smallest absolute Gasteiger partial charge is 0.291 e. The molecule has 0 radical (unpaired) electrons. The molecule has 0 aliphatic rings. The lowest BCUT2D eigenvalue weighted by atomic mass is 10.1. The number of aromatic amines is 1. The van der Waals surface area contributed by atoms with Crippen LogP contribution in [0.1, 0.15) is 5.56 Å². The zero-order chi connectivity index (χ0) is 13.2. The number of hydrogen-bond acceptors (Lipinski definition) is 2. The first kappa shape index (κ1) is 11.5. The molecule has 1 aromatic heterocycles. The Morgan fingerprint density at radius 3 is 2.42 bits per heavy atom. The van der Waals surface area contributed by atoms with Crippen LogP contribution in [0, 0.1) is 6.92 Å². The first-order chi connectivity index (χ1) is 9.25. The van der Waals surface area contributed by atoms with Gasteiger partial charge in [0.1, 0.15) is 5.75 Å². The molecule has 0 spiro atoms. The van der Waals surface area contributed by atoms with Crippen molar-refractivity contribution in [2.75, 3.05) is 0 Å². The van der Waals surface area contributed by atoms with Crippen molar-refractivity contribution in [1.82, 2.24) is 4.98 Å². The highest BCUT2D eigenvalue weighted by atomic mass is 16.5. The van der Waals surface area contributed by atoms with Gasteiger partial charge >= 0.3 is 0 Å². The van der Waals surface area contributed by atoms with Crippen LogP contribution in [0.25, 0.3) is 10.9 Å². The fourth-order valence-corrected chi connectivity index (χ4v) is 2.12. The summed E-state index contributed by atoms with van der Waals surface area (Å²) < 4.78 is 5.70. The van der Waals surface area contributed by atoms with Gasteiger partial charge in [0.25, 0.3) is 5.56 Å². The molecule has 1 N–H and O–H groups in total. The summed E-state index contributed by atoms with van der Waals surface area (Å²) in [6.07, 6.45) is 0. The second-order valence-electron chi connectivity index (χ2n) is 4.37. The predicted molar refractivity (Wildman–Crippen MR) is 75.8 cm³/mol. The number of aryl methyl sites for hydroxylation is 1. The second-order valence-corrected chi connectivity index (χ2v) is 4.37. The van der Waals surface area contributed by atoms with Crippen molar-refractivity contribution in [2.24, 2.45) is 0 Å². The van der Waals surface area contributed by atoms with Crippen molar-refractivity contribution in [3.05, 3.63) is 70.5 Å². The zero-order valence-electron chi connectivity index (χ0n) is 10.5. The first-order valence-corrected chi connectivity index (χ1v) is 6.10. The summed E-state index contributed by atoms with van der Waals surface area (Å²) in [6, 6.07) is 17.0. The Labute approximate surface area is 110 Å². The van der Waals surface area contributed by atoms with Gasteiger partial charge in [0, 0.05) is 16.5 Å². The van der Waals surface area contributed by atoms with Gasteiger partial charge < -0.3 is 9.72 Å². The van der Waals surface area contributed by atoms with Gasteiger partial charge in [-0.3, -0.25) is 4.79 Å². The summed E-state index contributed by atoms with van der Waals surface area (Å²) in [6.45, 7) is 1.90. The number of aromatic nitrogens is 1. The largest absolute Gasteiger partial charge is 0.451 e. The average Bonchev–Trinajstić information content (AvgIpc) is 2.45. The molecular weight excluding hydrogens is 238 g/mol.